The number of hydrazine groups is 1. The van der Waals surface area contributed by atoms with Crippen molar-refractivity contribution in [3.05, 3.63) is 23.9 Å². The third kappa shape index (κ3) is 2.56. The van der Waals surface area contributed by atoms with E-state index in [0.29, 0.717) is 12.3 Å². The van der Waals surface area contributed by atoms with Crippen LogP contribution in [0.5, 0.6) is 0 Å². The van der Waals surface area contributed by atoms with Crippen molar-refractivity contribution in [1.82, 2.24) is 4.98 Å². The van der Waals surface area contributed by atoms with Crippen LogP contribution in [0, 0.1) is 0 Å². The Balaban J connectivity index is 2.95. The van der Waals surface area contributed by atoms with E-state index >= 15 is 0 Å². The van der Waals surface area contributed by atoms with Gasteiger partial charge in [-0.05, 0) is 12.1 Å². The maximum absolute atomic E-state index is 12.1. The van der Waals surface area contributed by atoms with Crippen molar-refractivity contribution in [3.63, 3.8) is 0 Å². The van der Waals surface area contributed by atoms with Crippen molar-refractivity contribution in [2.45, 2.75) is 6.18 Å². The van der Waals surface area contributed by atoms with Crippen LogP contribution in [0.1, 0.15) is 5.56 Å². The second-order valence-electron chi connectivity index (χ2n) is 2.56. The molecule has 0 bridgehead atoms. The van der Waals surface area contributed by atoms with E-state index in [1.807, 2.05) is 0 Å². The van der Waals surface area contributed by atoms with Gasteiger partial charge in [-0.15, -0.1) is 0 Å². The Morgan fingerprint density at radius 2 is 2.07 bits per heavy atom. The molecule has 1 amide bonds. The third-order valence-corrected chi connectivity index (χ3v) is 1.53. The average Bonchev–Trinajstić information content (AvgIpc) is 2.15. The van der Waals surface area contributed by atoms with Gasteiger partial charge in [0.25, 0.3) is 0 Å². The van der Waals surface area contributed by atoms with Crippen LogP contribution in [-0.2, 0) is 6.18 Å². The monoisotopic (exact) mass is 221 g/mol. The Bertz CT molecular complexity index is 363. The topological polar surface area (TPSA) is 79.5 Å². The lowest BCUT2D eigenvalue weighted by Gasteiger charge is -2.12. The molecular weight excluding hydrogens is 215 g/mol. The lowest BCUT2D eigenvalue weighted by atomic mass is 10.3. The summed E-state index contributed by atoms with van der Waals surface area (Å²) < 4.78 is 36.2. The lowest BCUT2D eigenvalue weighted by Crippen LogP contribution is -2.36. The molecule has 0 aromatic carbocycles. The molecule has 3 N–H and O–H groups in total. The molecule has 8 heteroatoms. The second-order valence-corrected chi connectivity index (χ2v) is 2.56. The first kappa shape index (κ1) is 11.2. The van der Waals surface area contributed by atoms with E-state index in [-0.39, 0.29) is 10.8 Å². The number of nitrogens with zero attached hydrogens (tertiary/aromatic N) is 2. The van der Waals surface area contributed by atoms with Crippen molar-refractivity contribution in [3.8, 4) is 0 Å². The molecule has 1 rings (SSSR count). The maximum Gasteiger partial charge on any atom is 0.427 e. The van der Waals surface area contributed by atoms with Crippen LogP contribution >= 0.6 is 0 Å². The summed E-state index contributed by atoms with van der Waals surface area (Å²) in [5.41, 5.74) is -0.968. The minimum absolute atomic E-state index is 0.222. The van der Waals surface area contributed by atoms with Crippen molar-refractivity contribution in [2.24, 2.45) is 5.84 Å². The molecule has 0 aliphatic heterocycles. The molecule has 82 valence electrons. The predicted octanol–water partition coefficient (Wildman–Crippen LogP) is 1.46. The molecule has 0 aliphatic carbocycles. The SMILES string of the molecule is NN(C(=O)O)c1ccc(C(F)(F)F)cn1. The van der Waals surface area contributed by atoms with E-state index in [9.17, 15) is 18.0 Å². The number of hydrogen-bond acceptors (Lipinski definition) is 3. The van der Waals surface area contributed by atoms with Gasteiger partial charge in [0.05, 0.1) is 5.56 Å². The van der Waals surface area contributed by atoms with Crippen LogP contribution in [0.25, 0.3) is 0 Å². The van der Waals surface area contributed by atoms with Gasteiger partial charge in [0, 0.05) is 6.20 Å². The van der Waals surface area contributed by atoms with Crippen LogP contribution in [0.4, 0.5) is 23.8 Å². The third-order valence-electron chi connectivity index (χ3n) is 1.53. The van der Waals surface area contributed by atoms with Crippen LogP contribution < -0.4 is 10.9 Å². The summed E-state index contributed by atoms with van der Waals surface area (Å²) in [4.78, 5) is 13.6. The molecule has 1 heterocycles. The van der Waals surface area contributed by atoms with E-state index in [0.717, 1.165) is 6.07 Å². The number of aromatic nitrogens is 1. The Labute approximate surface area is 81.9 Å². The number of pyridine rings is 1. The fraction of sp³-hybridized carbons (Fsp3) is 0.143. The van der Waals surface area contributed by atoms with Gasteiger partial charge in [0.2, 0.25) is 0 Å². The molecular formula is C7H6F3N3O2. The van der Waals surface area contributed by atoms with Crippen LogP contribution in [0.15, 0.2) is 18.3 Å². The molecule has 0 atom stereocenters. The summed E-state index contributed by atoms with van der Waals surface area (Å²) >= 11 is 0. The minimum atomic E-state index is -4.51. The fourth-order valence-electron chi connectivity index (χ4n) is 0.794. The molecule has 0 aliphatic rings. The zero-order valence-electron chi connectivity index (χ0n) is 7.19. The molecule has 0 fully saturated rings. The van der Waals surface area contributed by atoms with Gasteiger partial charge in [0.1, 0.15) is 0 Å². The number of rotatable bonds is 1. The number of nitrogens with two attached hydrogens (primary N) is 1. The second kappa shape index (κ2) is 3.73. The molecule has 0 unspecified atom stereocenters. The van der Waals surface area contributed by atoms with Gasteiger partial charge in [0.15, 0.2) is 5.82 Å². The van der Waals surface area contributed by atoms with Crippen molar-refractivity contribution in [1.29, 1.82) is 0 Å². The van der Waals surface area contributed by atoms with Crippen LogP contribution in [0.2, 0.25) is 0 Å². The molecule has 0 saturated heterocycles. The summed E-state index contributed by atoms with van der Waals surface area (Å²) in [6.07, 6.45) is -5.51. The number of amides is 1. The number of anilines is 1. The molecule has 5 nitrogen and oxygen atoms in total. The van der Waals surface area contributed by atoms with Gasteiger partial charge in [-0.1, -0.05) is 0 Å². The molecule has 15 heavy (non-hydrogen) atoms. The Kier molecular flexibility index (Phi) is 2.80. The highest BCUT2D eigenvalue weighted by atomic mass is 19.4. The van der Waals surface area contributed by atoms with Crippen molar-refractivity contribution < 1.29 is 23.1 Å². The Hall–Kier alpha value is -1.83. The lowest BCUT2D eigenvalue weighted by molar-refractivity contribution is -0.137. The van der Waals surface area contributed by atoms with E-state index in [2.05, 4.69) is 4.98 Å². The summed E-state index contributed by atoms with van der Waals surface area (Å²) in [5, 5.41) is 8.63. The van der Waals surface area contributed by atoms with E-state index in [4.69, 9.17) is 10.9 Å². The highest BCUT2D eigenvalue weighted by Gasteiger charge is 2.30. The normalized spacial score (nSPS) is 11.2. The largest absolute Gasteiger partial charge is 0.464 e. The van der Waals surface area contributed by atoms with E-state index in [1.54, 1.807) is 0 Å². The molecule has 1 aromatic heterocycles. The summed E-state index contributed by atoms with van der Waals surface area (Å²) in [7, 11) is 0. The Morgan fingerprint density at radius 1 is 1.47 bits per heavy atom. The van der Waals surface area contributed by atoms with E-state index in [1.165, 1.54) is 0 Å². The molecule has 0 radical (unpaired) electrons. The average molecular weight is 221 g/mol. The van der Waals surface area contributed by atoms with E-state index < -0.39 is 17.8 Å². The molecule has 0 spiro atoms. The first-order chi connectivity index (χ1) is 6.82. The Morgan fingerprint density at radius 3 is 2.40 bits per heavy atom. The zero-order chi connectivity index (χ0) is 11.6. The number of alkyl halides is 3. The number of hydrogen-bond donors (Lipinski definition) is 2. The van der Waals surface area contributed by atoms with Gasteiger partial charge < -0.3 is 5.11 Å². The zero-order valence-corrected chi connectivity index (χ0v) is 7.19. The minimum Gasteiger partial charge on any atom is -0.464 e. The standard InChI is InChI=1S/C7H6F3N3O2/c8-7(9,10)4-1-2-5(12-3-4)13(11)6(14)15/h1-3H,11H2,(H,14,15). The number of carboxylic acid groups (broad SMARTS) is 1. The van der Waals surface area contributed by atoms with Gasteiger partial charge in [-0.2, -0.15) is 18.2 Å². The summed E-state index contributed by atoms with van der Waals surface area (Å²) in [6, 6.07) is 1.57. The predicted molar refractivity (Wildman–Crippen MR) is 43.9 cm³/mol. The van der Waals surface area contributed by atoms with Crippen molar-refractivity contribution >= 4 is 11.9 Å². The molecule has 1 aromatic rings. The van der Waals surface area contributed by atoms with Crippen molar-refractivity contribution in [2.75, 3.05) is 5.01 Å². The van der Waals surface area contributed by atoms with Gasteiger partial charge in [-0.3, -0.25) is 0 Å². The first-order valence-corrected chi connectivity index (χ1v) is 3.63. The maximum atomic E-state index is 12.1. The fourth-order valence-corrected chi connectivity index (χ4v) is 0.794. The number of halogens is 3. The first-order valence-electron chi connectivity index (χ1n) is 3.63. The van der Waals surface area contributed by atoms with Gasteiger partial charge in [-0.25, -0.2) is 15.6 Å². The van der Waals surface area contributed by atoms with Gasteiger partial charge >= 0.3 is 12.3 Å². The highest BCUT2D eigenvalue weighted by molar-refractivity contribution is 5.83. The highest BCUT2D eigenvalue weighted by Crippen LogP contribution is 2.29. The summed E-state index contributed by atoms with van der Waals surface area (Å²) in [5.74, 6) is 4.71. The molecule has 0 saturated carbocycles. The summed E-state index contributed by atoms with van der Waals surface area (Å²) in [6.45, 7) is 0. The smallest absolute Gasteiger partial charge is 0.427 e. The van der Waals surface area contributed by atoms with Crippen LogP contribution in [0.3, 0.4) is 0 Å². The number of carbonyl (C=O) groups is 1. The van der Waals surface area contributed by atoms with Crippen LogP contribution in [-0.4, -0.2) is 16.2 Å². The quantitative estimate of drug-likeness (QED) is 0.427.